The van der Waals surface area contributed by atoms with Crippen LogP contribution in [0.25, 0.3) is 0 Å². The molecular formula is C11H18N2O3S. The average Bonchev–Trinajstić information content (AvgIpc) is 2.28. The number of aliphatic hydroxyl groups excluding tert-OH is 1. The lowest BCUT2D eigenvalue weighted by Crippen LogP contribution is -2.35. The molecule has 0 aliphatic carbocycles. The largest absolute Gasteiger partial charge is 0.399 e. The van der Waals surface area contributed by atoms with Crippen LogP contribution in [0.2, 0.25) is 0 Å². The predicted molar refractivity (Wildman–Crippen MR) is 67.0 cm³/mol. The molecule has 0 radical (unpaired) electrons. The van der Waals surface area contributed by atoms with Crippen LogP contribution < -0.4 is 10.5 Å². The van der Waals surface area contributed by atoms with E-state index in [2.05, 4.69) is 4.72 Å². The fraction of sp³-hybridized carbons (Fsp3) is 0.455. The van der Waals surface area contributed by atoms with Crippen molar-refractivity contribution in [2.75, 3.05) is 12.3 Å². The molecule has 17 heavy (non-hydrogen) atoms. The normalized spacial score (nSPS) is 13.5. The van der Waals surface area contributed by atoms with Crippen molar-refractivity contribution in [1.29, 1.82) is 0 Å². The Labute approximate surface area is 102 Å². The van der Waals surface area contributed by atoms with Gasteiger partial charge in [0.05, 0.1) is 4.90 Å². The highest BCUT2D eigenvalue weighted by Gasteiger charge is 2.18. The third-order valence-electron chi connectivity index (χ3n) is 2.46. The van der Waals surface area contributed by atoms with E-state index in [1.807, 2.05) is 6.92 Å². The minimum Gasteiger partial charge on any atom is -0.399 e. The second-order valence-corrected chi connectivity index (χ2v) is 5.53. The number of sulfonamides is 1. The molecule has 5 nitrogen and oxygen atoms in total. The number of hydrogen-bond acceptors (Lipinski definition) is 4. The molecule has 6 heteroatoms. The second-order valence-electron chi connectivity index (χ2n) is 3.81. The number of anilines is 1. The van der Waals surface area contributed by atoms with Crippen molar-refractivity contribution < 1.29 is 13.5 Å². The first-order valence-corrected chi connectivity index (χ1v) is 6.96. The van der Waals surface area contributed by atoms with Gasteiger partial charge in [0.1, 0.15) is 0 Å². The van der Waals surface area contributed by atoms with Crippen LogP contribution >= 0.6 is 0 Å². The van der Waals surface area contributed by atoms with E-state index in [1.54, 1.807) is 12.1 Å². The lowest BCUT2D eigenvalue weighted by molar-refractivity contribution is 0.270. The first-order valence-electron chi connectivity index (χ1n) is 5.48. The van der Waals surface area contributed by atoms with Gasteiger partial charge in [-0.3, -0.25) is 0 Å². The summed E-state index contributed by atoms with van der Waals surface area (Å²) in [6, 6.07) is 5.87. The van der Waals surface area contributed by atoms with Crippen molar-refractivity contribution in [3.63, 3.8) is 0 Å². The predicted octanol–water partition coefficient (Wildman–Crippen LogP) is 0.708. The average molecular weight is 258 g/mol. The molecule has 0 saturated carbocycles. The van der Waals surface area contributed by atoms with E-state index >= 15 is 0 Å². The van der Waals surface area contributed by atoms with Gasteiger partial charge in [-0.1, -0.05) is 13.0 Å². The molecule has 1 atom stereocenters. The second kappa shape index (κ2) is 6.00. The van der Waals surface area contributed by atoms with Gasteiger partial charge >= 0.3 is 0 Å². The first kappa shape index (κ1) is 14.0. The smallest absolute Gasteiger partial charge is 0.240 e. The van der Waals surface area contributed by atoms with Gasteiger partial charge in [-0.2, -0.15) is 0 Å². The molecule has 4 N–H and O–H groups in total. The van der Waals surface area contributed by atoms with E-state index in [0.29, 0.717) is 18.5 Å². The molecule has 0 bridgehead atoms. The minimum absolute atomic E-state index is 0.0437. The Kier molecular flexibility index (Phi) is 4.92. The maximum absolute atomic E-state index is 12.0. The molecule has 0 aromatic heterocycles. The Morgan fingerprint density at radius 2 is 2.18 bits per heavy atom. The molecule has 0 aliphatic rings. The van der Waals surface area contributed by atoms with Gasteiger partial charge in [0.15, 0.2) is 0 Å². The topological polar surface area (TPSA) is 92.4 Å². The molecule has 0 aliphatic heterocycles. The lowest BCUT2D eigenvalue weighted by atomic mass is 10.2. The van der Waals surface area contributed by atoms with Crippen LogP contribution in [0.5, 0.6) is 0 Å². The van der Waals surface area contributed by atoms with E-state index < -0.39 is 10.0 Å². The van der Waals surface area contributed by atoms with Gasteiger partial charge in [-0.15, -0.1) is 0 Å². The minimum atomic E-state index is -3.56. The van der Waals surface area contributed by atoms with Crippen LogP contribution in [-0.2, 0) is 10.0 Å². The van der Waals surface area contributed by atoms with E-state index in [-0.39, 0.29) is 17.5 Å². The van der Waals surface area contributed by atoms with Crippen LogP contribution in [-0.4, -0.2) is 26.2 Å². The van der Waals surface area contributed by atoms with Gasteiger partial charge in [-0.25, -0.2) is 13.1 Å². The summed E-state index contributed by atoms with van der Waals surface area (Å²) in [5.74, 6) is 0. The Morgan fingerprint density at radius 1 is 1.47 bits per heavy atom. The molecule has 0 heterocycles. The first-order chi connectivity index (χ1) is 7.99. The fourth-order valence-electron chi connectivity index (χ4n) is 1.47. The Bertz CT molecular complexity index is 460. The third kappa shape index (κ3) is 3.99. The number of nitrogen functional groups attached to an aromatic ring is 1. The summed E-state index contributed by atoms with van der Waals surface area (Å²) in [5.41, 5.74) is 5.95. The number of hydrogen-bond donors (Lipinski definition) is 3. The summed E-state index contributed by atoms with van der Waals surface area (Å²) in [4.78, 5) is 0.147. The molecule has 1 unspecified atom stereocenters. The van der Waals surface area contributed by atoms with E-state index in [9.17, 15) is 8.42 Å². The number of nitrogens with one attached hydrogen (secondary N) is 1. The van der Waals surface area contributed by atoms with Crippen molar-refractivity contribution in [2.45, 2.75) is 30.7 Å². The van der Waals surface area contributed by atoms with Gasteiger partial charge in [-0.05, 0) is 31.0 Å². The summed E-state index contributed by atoms with van der Waals surface area (Å²) in [7, 11) is -3.56. The van der Waals surface area contributed by atoms with Gasteiger partial charge < -0.3 is 10.8 Å². The van der Waals surface area contributed by atoms with Crippen molar-refractivity contribution in [3.8, 4) is 0 Å². The number of rotatable bonds is 6. The fourth-order valence-corrected chi connectivity index (χ4v) is 2.88. The molecule has 1 rings (SSSR count). The Morgan fingerprint density at radius 3 is 2.71 bits per heavy atom. The van der Waals surface area contributed by atoms with Crippen molar-refractivity contribution >= 4 is 15.7 Å². The maximum Gasteiger partial charge on any atom is 0.240 e. The highest BCUT2D eigenvalue weighted by Crippen LogP contribution is 2.14. The molecule has 0 fully saturated rings. The zero-order valence-corrected chi connectivity index (χ0v) is 10.6. The molecule has 0 spiro atoms. The zero-order valence-electron chi connectivity index (χ0n) is 9.76. The van der Waals surface area contributed by atoms with E-state index in [1.165, 1.54) is 12.1 Å². The van der Waals surface area contributed by atoms with Crippen LogP contribution in [0.3, 0.4) is 0 Å². The summed E-state index contributed by atoms with van der Waals surface area (Å²) in [5, 5.41) is 8.82. The Hall–Kier alpha value is -1.11. The molecule has 1 aromatic rings. The van der Waals surface area contributed by atoms with Crippen LogP contribution in [0.15, 0.2) is 29.2 Å². The molecule has 96 valence electrons. The highest BCUT2D eigenvalue weighted by atomic mass is 32.2. The number of nitrogens with two attached hydrogens (primary N) is 1. The molecule has 0 amide bonds. The van der Waals surface area contributed by atoms with Gasteiger partial charge in [0.25, 0.3) is 0 Å². The Balaban J connectivity index is 2.88. The summed E-state index contributed by atoms with van der Waals surface area (Å²) in [6.07, 6.45) is 1.03. The monoisotopic (exact) mass is 258 g/mol. The summed E-state index contributed by atoms with van der Waals surface area (Å²) < 4.78 is 26.5. The molecule has 1 aromatic carbocycles. The maximum atomic E-state index is 12.0. The van der Waals surface area contributed by atoms with Gasteiger partial charge in [0.2, 0.25) is 10.0 Å². The van der Waals surface area contributed by atoms with Crippen LogP contribution in [0.1, 0.15) is 19.8 Å². The highest BCUT2D eigenvalue weighted by molar-refractivity contribution is 7.89. The molecular weight excluding hydrogens is 240 g/mol. The summed E-state index contributed by atoms with van der Waals surface area (Å²) in [6.45, 7) is 1.82. The lowest BCUT2D eigenvalue weighted by Gasteiger charge is -2.16. The standard InChI is InChI=1S/C11H18N2O3S/c1-2-10(6-7-14)13-17(15,16)11-5-3-4-9(12)8-11/h3-5,8,10,13-14H,2,6-7,12H2,1H3. The van der Waals surface area contributed by atoms with Gasteiger partial charge in [0, 0.05) is 18.3 Å². The number of aliphatic hydroxyl groups is 1. The van der Waals surface area contributed by atoms with Crippen molar-refractivity contribution in [3.05, 3.63) is 24.3 Å². The van der Waals surface area contributed by atoms with E-state index in [0.717, 1.165) is 0 Å². The molecule has 0 saturated heterocycles. The summed E-state index contributed by atoms with van der Waals surface area (Å²) >= 11 is 0. The third-order valence-corrected chi connectivity index (χ3v) is 3.98. The van der Waals surface area contributed by atoms with E-state index in [4.69, 9.17) is 10.8 Å². The van der Waals surface area contributed by atoms with Crippen LogP contribution in [0, 0.1) is 0 Å². The van der Waals surface area contributed by atoms with Crippen molar-refractivity contribution in [2.24, 2.45) is 0 Å². The number of benzene rings is 1. The quantitative estimate of drug-likeness (QED) is 0.655. The SMILES string of the molecule is CCC(CCO)NS(=O)(=O)c1cccc(N)c1. The zero-order chi connectivity index (χ0) is 12.9. The van der Waals surface area contributed by atoms with Crippen LogP contribution in [0.4, 0.5) is 5.69 Å². The van der Waals surface area contributed by atoms with Crippen molar-refractivity contribution in [1.82, 2.24) is 4.72 Å².